The van der Waals surface area contributed by atoms with Gasteiger partial charge in [-0.1, -0.05) is 12.8 Å². The molecule has 0 spiro atoms. The molecule has 2 saturated heterocycles. The molecule has 2 N–H and O–H groups in total. The summed E-state index contributed by atoms with van der Waals surface area (Å²) in [5.74, 6) is -0.104. The zero-order valence-corrected chi connectivity index (χ0v) is 16.7. The Morgan fingerprint density at radius 1 is 1.25 bits per heavy atom. The van der Waals surface area contributed by atoms with Crippen molar-refractivity contribution in [1.82, 2.24) is 10.6 Å². The van der Waals surface area contributed by atoms with Gasteiger partial charge in [0, 0.05) is 17.8 Å². The van der Waals surface area contributed by atoms with Crippen LogP contribution in [0.3, 0.4) is 0 Å². The summed E-state index contributed by atoms with van der Waals surface area (Å²) in [6, 6.07) is 6.02. The minimum atomic E-state index is -0.397. The predicted octanol–water partition coefficient (Wildman–Crippen LogP) is 2.24. The molecule has 4 rings (SSSR count). The molecular formula is C20H26FN3O3S. The first-order valence-corrected chi connectivity index (χ1v) is 11.0. The molecule has 1 aromatic carbocycles. The van der Waals surface area contributed by atoms with Gasteiger partial charge in [-0.05, 0) is 49.9 Å². The Labute approximate surface area is 168 Å². The van der Waals surface area contributed by atoms with E-state index in [1.54, 1.807) is 24.0 Å². The molecule has 0 aromatic heterocycles. The SMILES string of the molecule is CCOC(=O)CSC1NC2C(NC3CCCCC32)C(=O)N1c1ccc(F)cc1. The summed E-state index contributed by atoms with van der Waals surface area (Å²) in [7, 11) is 0. The Bertz CT molecular complexity index is 732. The molecule has 2 aliphatic heterocycles. The smallest absolute Gasteiger partial charge is 0.316 e. The van der Waals surface area contributed by atoms with Crippen LogP contribution in [-0.2, 0) is 14.3 Å². The van der Waals surface area contributed by atoms with Gasteiger partial charge in [0.25, 0.3) is 0 Å². The highest BCUT2D eigenvalue weighted by Crippen LogP contribution is 2.38. The van der Waals surface area contributed by atoms with Crippen LogP contribution in [-0.4, -0.2) is 47.9 Å². The van der Waals surface area contributed by atoms with E-state index >= 15 is 0 Å². The van der Waals surface area contributed by atoms with Gasteiger partial charge in [-0.3, -0.25) is 19.8 Å². The van der Waals surface area contributed by atoms with Crippen LogP contribution in [0.25, 0.3) is 0 Å². The molecule has 6 nitrogen and oxygen atoms in total. The third-order valence-corrected chi connectivity index (χ3v) is 6.94. The molecule has 1 saturated carbocycles. The molecule has 5 atom stereocenters. The van der Waals surface area contributed by atoms with Crippen molar-refractivity contribution in [3.63, 3.8) is 0 Å². The van der Waals surface area contributed by atoms with Crippen LogP contribution in [0, 0.1) is 11.7 Å². The lowest BCUT2D eigenvalue weighted by Crippen LogP contribution is -2.66. The second kappa shape index (κ2) is 8.39. The van der Waals surface area contributed by atoms with E-state index in [1.165, 1.54) is 36.7 Å². The van der Waals surface area contributed by atoms with Crippen LogP contribution in [0.15, 0.2) is 24.3 Å². The van der Waals surface area contributed by atoms with Gasteiger partial charge in [-0.25, -0.2) is 4.39 Å². The van der Waals surface area contributed by atoms with Crippen LogP contribution in [0.1, 0.15) is 32.6 Å². The van der Waals surface area contributed by atoms with Crippen LogP contribution in [0.5, 0.6) is 0 Å². The second-order valence-electron chi connectivity index (χ2n) is 7.54. The number of benzene rings is 1. The first kappa shape index (κ1) is 19.7. The van der Waals surface area contributed by atoms with Gasteiger partial charge in [0.2, 0.25) is 5.91 Å². The molecule has 1 amide bonds. The largest absolute Gasteiger partial charge is 0.465 e. The van der Waals surface area contributed by atoms with E-state index in [2.05, 4.69) is 10.6 Å². The minimum absolute atomic E-state index is 0.0221. The minimum Gasteiger partial charge on any atom is -0.465 e. The summed E-state index contributed by atoms with van der Waals surface area (Å²) >= 11 is 1.34. The molecule has 8 heteroatoms. The fraction of sp³-hybridized carbons (Fsp3) is 0.600. The first-order chi connectivity index (χ1) is 13.6. The Hall–Kier alpha value is -1.64. The van der Waals surface area contributed by atoms with E-state index < -0.39 is 5.50 Å². The molecule has 152 valence electrons. The topological polar surface area (TPSA) is 70.7 Å². The molecule has 3 fully saturated rings. The molecule has 1 aliphatic carbocycles. The number of nitrogens with zero attached hydrogens (tertiary/aromatic N) is 1. The number of nitrogens with one attached hydrogen (secondary N) is 2. The molecule has 0 radical (unpaired) electrons. The Morgan fingerprint density at radius 3 is 2.75 bits per heavy atom. The van der Waals surface area contributed by atoms with E-state index in [4.69, 9.17) is 4.74 Å². The number of halogens is 1. The van der Waals surface area contributed by atoms with E-state index in [0.717, 1.165) is 12.8 Å². The lowest BCUT2D eigenvalue weighted by Gasteiger charge is -2.43. The number of hydrogen-bond donors (Lipinski definition) is 2. The first-order valence-electron chi connectivity index (χ1n) is 9.96. The number of ether oxygens (including phenoxy) is 1. The van der Waals surface area contributed by atoms with Gasteiger partial charge >= 0.3 is 5.97 Å². The number of amides is 1. The van der Waals surface area contributed by atoms with Crippen molar-refractivity contribution in [2.24, 2.45) is 5.92 Å². The van der Waals surface area contributed by atoms with Gasteiger partial charge in [-0.2, -0.15) is 0 Å². The molecule has 28 heavy (non-hydrogen) atoms. The van der Waals surface area contributed by atoms with Crippen molar-refractivity contribution < 1.29 is 18.7 Å². The summed E-state index contributed by atoms with van der Waals surface area (Å²) in [6.07, 6.45) is 4.56. The second-order valence-corrected chi connectivity index (χ2v) is 8.61. The van der Waals surface area contributed by atoms with Crippen LogP contribution in [0.2, 0.25) is 0 Å². The third-order valence-electron chi connectivity index (χ3n) is 5.88. The van der Waals surface area contributed by atoms with Crippen molar-refractivity contribution in [3.05, 3.63) is 30.1 Å². The summed E-state index contributed by atoms with van der Waals surface area (Å²) in [6.45, 7) is 2.10. The van der Waals surface area contributed by atoms with Crippen LogP contribution >= 0.6 is 11.8 Å². The Kier molecular flexibility index (Phi) is 5.89. The predicted molar refractivity (Wildman–Crippen MR) is 106 cm³/mol. The van der Waals surface area contributed by atoms with Gasteiger partial charge in [0.15, 0.2) is 0 Å². The zero-order chi connectivity index (χ0) is 19.7. The number of carbonyl (C=O) groups excluding carboxylic acids is 2. The van der Waals surface area contributed by atoms with E-state index in [1.807, 2.05) is 0 Å². The fourth-order valence-electron chi connectivity index (χ4n) is 4.66. The highest BCUT2D eigenvalue weighted by Gasteiger charge is 2.52. The highest BCUT2D eigenvalue weighted by atomic mass is 32.2. The lowest BCUT2D eigenvalue weighted by molar-refractivity contribution is -0.139. The van der Waals surface area contributed by atoms with E-state index in [0.29, 0.717) is 24.3 Å². The fourth-order valence-corrected chi connectivity index (χ4v) is 5.67. The van der Waals surface area contributed by atoms with Crippen molar-refractivity contribution in [3.8, 4) is 0 Å². The standard InChI is InChI=1S/C20H26FN3O3S/c1-2-27-16(25)11-28-20-23-17-14-5-3-4-6-15(14)22-18(17)19(26)24(20)13-9-7-12(21)8-10-13/h7-10,14-15,17-18,20,22-23H,2-6,11H2,1H3. The molecule has 3 aliphatic rings. The van der Waals surface area contributed by atoms with Crippen molar-refractivity contribution in [2.45, 2.75) is 56.2 Å². The maximum Gasteiger partial charge on any atom is 0.316 e. The highest BCUT2D eigenvalue weighted by molar-refractivity contribution is 8.00. The Morgan fingerprint density at radius 2 is 2.00 bits per heavy atom. The van der Waals surface area contributed by atoms with Gasteiger partial charge in [0.1, 0.15) is 17.4 Å². The van der Waals surface area contributed by atoms with E-state index in [9.17, 15) is 14.0 Å². The Balaban J connectivity index is 1.59. The summed E-state index contributed by atoms with van der Waals surface area (Å²) in [4.78, 5) is 26.9. The number of hydrogen-bond acceptors (Lipinski definition) is 6. The summed E-state index contributed by atoms with van der Waals surface area (Å²) in [5, 5.41) is 7.14. The molecule has 2 heterocycles. The normalized spacial score (nSPS) is 32.0. The maximum atomic E-state index is 13.4. The monoisotopic (exact) mass is 407 g/mol. The molecule has 1 aromatic rings. The number of carbonyl (C=O) groups is 2. The molecule has 0 bridgehead atoms. The molecule has 5 unspecified atom stereocenters. The quantitative estimate of drug-likeness (QED) is 0.730. The van der Waals surface area contributed by atoms with Crippen molar-refractivity contribution in [2.75, 3.05) is 17.3 Å². The number of rotatable bonds is 5. The summed E-state index contributed by atoms with van der Waals surface area (Å²) in [5.41, 5.74) is 0.224. The number of esters is 1. The number of anilines is 1. The van der Waals surface area contributed by atoms with Crippen molar-refractivity contribution in [1.29, 1.82) is 0 Å². The van der Waals surface area contributed by atoms with Crippen molar-refractivity contribution >= 4 is 29.3 Å². The average Bonchev–Trinajstić information content (AvgIpc) is 3.07. The molecular weight excluding hydrogens is 381 g/mol. The lowest BCUT2D eigenvalue weighted by atomic mass is 9.81. The van der Waals surface area contributed by atoms with Gasteiger partial charge < -0.3 is 10.1 Å². The zero-order valence-electron chi connectivity index (χ0n) is 15.9. The third kappa shape index (κ3) is 3.77. The maximum absolute atomic E-state index is 13.4. The van der Waals surface area contributed by atoms with E-state index in [-0.39, 0.29) is 35.5 Å². The van der Waals surface area contributed by atoms with Crippen LogP contribution < -0.4 is 15.5 Å². The van der Waals surface area contributed by atoms with Gasteiger partial charge in [-0.15, -0.1) is 11.8 Å². The summed E-state index contributed by atoms with van der Waals surface area (Å²) < 4.78 is 18.4. The number of thioether (sulfide) groups is 1. The average molecular weight is 408 g/mol. The van der Waals surface area contributed by atoms with Gasteiger partial charge in [0.05, 0.1) is 12.4 Å². The van der Waals surface area contributed by atoms with Crippen LogP contribution in [0.4, 0.5) is 10.1 Å². The number of fused-ring (bicyclic) bond motifs is 3.